The third kappa shape index (κ3) is 7.02. The minimum atomic E-state index is -4.94. The molecule has 0 radical (unpaired) electrons. The second-order valence-electron chi connectivity index (χ2n) is 10.3. The molecule has 0 aliphatic carbocycles. The minimum absolute atomic E-state index is 0.000588. The molecule has 0 saturated heterocycles. The predicted molar refractivity (Wildman–Crippen MR) is 155 cm³/mol. The Morgan fingerprint density at radius 3 is 2.15 bits per heavy atom. The molecule has 2 heterocycles. The number of hydrogen-bond donors (Lipinski definition) is 1. The summed E-state index contributed by atoms with van der Waals surface area (Å²) in [6.07, 6.45) is -7.85. The normalized spacial score (nSPS) is 12.5. The van der Waals surface area contributed by atoms with E-state index in [-0.39, 0.29) is 57.5 Å². The molecule has 0 aliphatic heterocycles. The number of rotatable bonds is 8. The lowest BCUT2D eigenvalue weighted by atomic mass is 9.97. The van der Waals surface area contributed by atoms with E-state index in [2.05, 4.69) is 14.7 Å². The van der Waals surface area contributed by atoms with Crippen molar-refractivity contribution in [1.82, 2.24) is 14.5 Å². The standard InChI is InChI=1S/C31H24F7N3O5S/c1-4-27-40-28(17-5-8-20(9-6-17)46-31(36,37)38)29(45-27)21-11-18(19-12-23(32)22(15-42)25(13-19)47(3,43)44)7-10-24(21)41-14-26(30(33,34)35)39-16(41)2/h5-14,42H,4,15H2,1-3H3. The van der Waals surface area contributed by atoms with Crippen molar-refractivity contribution >= 4 is 9.84 Å². The molecule has 0 spiro atoms. The Morgan fingerprint density at radius 2 is 1.60 bits per heavy atom. The highest BCUT2D eigenvalue weighted by Gasteiger charge is 2.35. The van der Waals surface area contributed by atoms with Gasteiger partial charge >= 0.3 is 12.5 Å². The van der Waals surface area contributed by atoms with Gasteiger partial charge in [-0.3, -0.25) is 0 Å². The monoisotopic (exact) mass is 683 g/mol. The molecule has 2 aromatic heterocycles. The van der Waals surface area contributed by atoms with E-state index in [1.54, 1.807) is 6.92 Å². The predicted octanol–water partition coefficient (Wildman–Crippen LogP) is 7.68. The molecular formula is C31H24F7N3O5S. The van der Waals surface area contributed by atoms with Crippen LogP contribution >= 0.6 is 0 Å². The van der Waals surface area contributed by atoms with Crippen molar-refractivity contribution < 1.29 is 53.4 Å². The first-order chi connectivity index (χ1) is 21.9. The maximum atomic E-state index is 15.1. The average molecular weight is 684 g/mol. The number of ether oxygens (including phenoxy) is 1. The third-order valence-corrected chi connectivity index (χ3v) is 8.22. The van der Waals surface area contributed by atoms with E-state index >= 15 is 4.39 Å². The Bertz CT molecular complexity index is 2070. The van der Waals surface area contributed by atoms with Crippen LogP contribution in [0.25, 0.3) is 39.4 Å². The Kier molecular flexibility index (Phi) is 8.70. The number of halogens is 7. The van der Waals surface area contributed by atoms with Crippen LogP contribution in [-0.2, 0) is 29.0 Å². The van der Waals surface area contributed by atoms with Gasteiger partial charge in [0.05, 0.1) is 17.2 Å². The molecule has 16 heteroatoms. The number of aliphatic hydroxyl groups is 1. The molecule has 5 aromatic rings. The summed E-state index contributed by atoms with van der Waals surface area (Å²) in [6.45, 7) is 2.16. The molecule has 248 valence electrons. The van der Waals surface area contributed by atoms with E-state index in [4.69, 9.17) is 4.42 Å². The SMILES string of the molecule is CCc1nc(-c2ccc(OC(F)(F)F)cc2)c(-c2cc(-c3cc(F)c(CO)c(S(C)(=O)=O)c3)ccc2-n2cc(C(F)(F)F)nc2C)o1. The van der Waals surface area contributed by atoms with Crippen molar-refractivity contribution in [3.63, 3.8) is 0 Å². The van der Waals surface area contributed by atoms with Crippen LogP contribution in [0.5, 0.6) is 5.75 Å². The van der Waals surface area contributed by atoms with E-state index < -0.39 is 56.7 Å². The molecule has 0 aliphatic rings. The summed E-state index contributed by atoms with van der Waals surface area (Å²) in [5.41, 5.74) is -0.751. The van der Waals surface area contributed by atoms with Crippen LogP contribution in [0.3, 0.4) is 0 Å². The molecule has 5 rings (SSSR count). The average Bonchev–Trinajstić information content (AvgIpc) is 3.59. The zero-order valence-electron chi connectivity index (χ0n) is 24.7. The Balaban J connectivity index is 1.77. The number of hydrogen-bond acceptors (Lipinski definition) is 7. The zero-order chi connectivity index (χ0) is 34.5. The first-order valence-corrected chi connectivity index (χ1v) is 15.6. The van der Waals surface area contributed by atoms with Crippen molar-refractivity contribution in [2.45, 2.75) is 44.3 Å². The molecular weight excluding hydrogens is 659 g/mol. The second kappa shape index (κ2) is 12.2. The second-order valence-corrected chi connectivity index (χ2v) is 12.3. The van der Waals surface area contributed by atoms with Crippen molar-refractivity contribution in [2.75, 3.05) is 6.26 Å². The number of aliphatic hydroxyl groups excluding tert-OH is 1. The summed E-state index contributed by atoms with van der Waals surface area (Å²) in [5.74, 6) is -1.40. The molecule has 0 fully saturated rings. The van der Waals surface area contributed by atoms with Crippen LogP contribution in [-0.4, -0.2) is 40.7 Å². The molecule has 8 nitrogen and oxygen atoms in total. The lowest BCUT2D eigenvalue weighted by molar-refractivity contribution is -0.274. The number of nitrogens with zero attached hydrogens (tertiary/aromatic N) is 3. The molecule has 1 N–H and O–H groups in total. The molecule has 47 heavy (non-hydrogen) atoms. The highest BCUT2D eigenvalue weighted by molar-refractivity contribution is 7.90. The molecule has 0 unspecified atom stereocenters. The topological polar surface area (TPSA) is 107 Å². The van der Waals surface area contributed by atoms with E-state index in [9.17, 15) is 39.9 Å². The van der Waals surface area contributed by atoms with Gasteiger partial charge in [0.25, 0.3) is 0 Å². The smallest absolute Gasteiger partial charge is 0.440 e. The van der Waals surface area contributed by atoms with Gasteiger partial charge in [-0.1, -0.05) is 13.0 Å². The van der Waals surface area contributed by atoms with Gasteiger partial charge in [0, 0.05) is 35.6 Å². The van der Waals surface area contributed by atoms with Gasteiger partial charge in [-0.05, 0) is 66.6 Å². The van der Waals surface area contributed by atoms with Crippen LogP contribution < -0.4 is 4.74 Å². The lowest BCUT2D eigenvalue weighted by Crippen LogP contribution is -2.16. The molecule has 0 amide bonds. The molecule has 0 atom stereocenters. The number of benzene rings is 3. The fourth-order valence-corrected chi connectivity index (χ4v) is 5.88. The first kappa shape index (κ1) is 33.7. The van der Waals surface area contributed by atoms with Crippen LogP contribution in [0, 0.1) is 12.7 Å². The zero-order valence-corrected chi connectivity index (χ0v) is 25.5. The number of aromatic nitrogens is 3. The number of sulfone groups is 1. The van der Waals surface area contributed by atoms with Gasteiger partial charge in [-0.25, -0.2) is 22.8 Å². The highest BCUT2D eigenvalue weighted by Crippen LogP contribution is 2.41. The van der Waals surface area contributed by atoms with Crippen molar-refractivity contribution in [3.8, 4) is 45.1 Å². The number of aryl methyl sites for hydroxylation is 2. The summed E-state index contributed by atoms with van der Waals surface area (Å²) in [7, 11) is -4.01. The van der Waals surface area contributed by atoms with Crippen LogP contribution in [0.4, 0.5) is 30.7 Å². The Labute approximate surface area is 263 Å². The number of imidazole rings is 1. The molecule has 0 bridgehead atoms. The van der Waals surface area contributed by atoms with E-state index in [1.165, 1.54) is 37.3 Å². The van der Waals surface area contributed by atoms with Crippen LogP contribution in [0.2, 0.25) is 0 Å². The largest absolute Gasteiger partial charge is 0.573 e. The van der Waals surface area contributed by atoms with Crippen molar-refractivity contribution in [1.29, 1.82) is 0 Å². The molecule has 3 aromatic carbocycles. The highest BCUT2D eigenvalue weighted by atomic mass is 32.2. The van der Waals surface area contributed by atoms with E-state index in [0.717, 1.165) is 41.3 Å². The van der Waals surface area contributed by atoms with Gasteiger partial charge in [0.2, 0.25) is 0 Å². The summed E-state index contributed by atoms with van der Waals surface area (Å²) in [5, 5.41) is 9.63. The molecule has 0 saturated carbocycles. The number of alkyl halides is 6. The summed E-state index contributed by atoms with van der Waals surface area (Å²) >= 11 is 0. The van der Waals surface area contributed by atoms with Crippen molar-refractivity contribution in [2.24, 2.45) is 0 Å². The number of oxazole rings is 1. The van der Waals surface area contributed by atoms with Gasteiger partial charge in [0.15, 0.2) is 27.2 Å². The third-order valence-electron chi connectivity index (χ3n) is 7.05. The van der Waals surface area contributed by atoms with Gasteiger partial charge in [-0.2, -0.15) is 13.2 Å². The van der Waals surface area contributed by atoms with E-state index in [0.29, 0.717) is 0 Å². The minimum Gasteiger partial charge on any atom is -0.440 e. The van der Waals surface area contributed by atoms with Gasteiger partial charge in [-0.15, -0.1) is 13.2 Å². The summed E-state index contributed by atoms with van der Waals surface area (Å²) in [4.78, 5) is 7.63. The Morgan fingerprint density at radius 1 is 0.936 bits per heavy atom. The first-order valence-electron chi connectivity index (χ1n) is 13.7. The lowest BCUT2D eigenvalue weighted by Gasteiger charge is -2.15. The van der Waals surface area contributed by atoms with Crippen molar-refractivity contribution in [3.05, 3.63) is 89.6 Å². The van der Waals surface area contributed by atoms with Crippen LogP contribution in [0.15, 0.2) is 70.1 Å². The van der Waals surface area contributed by atoms with E-state index in [1.807, 2.05) is 0 Å². The quantitative estimate of drug-likeness (QED) is 0.167. The Hall–Kier alpha value is -4.70. The summed E-state index contributed by atoms with van der Waals surface area (Å²) in [6, 6.07) is 11.1. The summed E-state index contributed by atoms with van der Waals surface area (Å²) < 4.78 is 130. The fraction of sp³-hybridized carbons (Fsp3) is 0.226. The van der Waals surface area contributed by atoms with Gasteiger partial charge in [0.1, 0.15) is 23.1 Å². The fourth-order valence-electron chi connectivity index (χ4n) is 4.93. The van der Waals surface area contributed by atoms with Crippen LogP contribution in [0.1, 0.15) is 29.9 Å². The van der Waals surface area contributed by atoms with Gasteiger partial charge < -0.3 is 18.8 Å². The maximum Gasteiger partial charge on any atom is 0.573 e. The maximum absolute atomic E-state index is 15.1.